The van der Waals surface area contributed by atoms with Crippen molar-refractivity contribution < 1.29 is 9.90 Å². The van der Waals surface area contributed by atoms with Gasteiger partial charge in [0.15, 0.2) is 0 Å². The Morgan fingerprint density at radius 2 is 1.95 bits per heavy atom. The van der Waals surface area contributed by atoms with Crippen LogP contribution in [0.15, 0.2) is 12.1 Å². The molecule has 0 radical (unpaired) electrons. The van der Waals surface area contributed by atoms with Crippen molar-refractivity contribution in [1.82, 2.24) is 9.55 Å². The molecule has 0 spiro atoms. The van der Waals surface area contributed by atoms with Crippen molar-refractivity contribution in [2.45, 2.75) is 32.7 Å². The summed E-state index contributed by atoms with van der Waals surface area (Å²) in [6.07, 6.45) is 0.626. The van der Waals surface area contributed by atoms with Crippen LogP contribution >= 0.6 is 23.2 Å². The number of nitrogens with zero attached hydrogens (tertiary/aromatic N) is 2. The fourth-order valence-corrected chi connectivity index (χ4v) is 2.39. The Balaban J connectivity index is 2.85. The maximum Gasteiger partial charge on any atom is 0.329 e. The van der Waals surface area contributed by atoms with E-state index in [0.717, 1.165) is 0 Å². The molecule has 0 aliphatic heterocycles. The molecular formula is C13H14Cl2N2O2. The normalized spacial score (nSPS) is 12.1. The van der Waals surface area contributed by atoms with Gasteiger partial charge in [0.2, 0.25) is 0 Å². The molecule has 1 aromatic heterocycles. The number of aliphatic carboxylic acids is 1. The molecule has 2 rings (SSSR count). The minimum atomic E-state index is -1.10. The summed E-state index contributed by atoms with van der Waals surface area (Å²) in [5.74, 6) is -0.228. The number of carboxylic acids is 1. The van der Waals surface area contributed by atoms with E-state index in [-0.39, 0.29) is 0 Å². The van der Waals surface area contributed by atoms with E-state index in [2.05, 4.69) is 4.98 Å². The minimum Gasteiger partial charge on any atom is -0.480 e. The van der Waals surface area contributed by atoms with Crippen molar-refractivity contribution in [2.24, 2.45) is 0 Å². The van der Waals surface area contributed by atoms with E-state index in [0.29, 0.717) is 33.3 Å². The summed E-state index contributed by atoms with van der Waals surface area (Å²) in [6, 6.07) is 3.32. The summed E-state index contributed by atoms with van der Waals surface area (Å²) in [5, 5.41) is 10.2. The van der Waals surface area contributed by atoms with Crippen molar-refractivity contribution in [2.75, 3.05) is 0 Å². The van der Waals surface area contributed by atoms with Crippen LogP contribution in [0.1, 0.15) is 26.6 Å². The molecule has 4 nitrogen and oxygen atoms in total. The average molecular weight is 301 g/mol. The van der Waals surface area contributed by atoms with E-state index in [9.17, 15) is 9.90 Å². The largest absolute Gasteiger partial charge is 0.480 e. The van der Waals surface area contributed by atoms with Crippen LogP contribution in [0.25, 0.3) is 11.0 Å². The number of hydrogen-bond donors (Lipinski definition) is 1. The van der Waals surface area contributed by atoms with Crippen molar-refractivity contribution in [3.8, 4) is 0 Å². The van der Waals surface area contributed by atoms with E-state index >= 15 is 0 Å². The molecule has 0 unspecified atom stereocenters. The summed E-state index contributed by atoms with van der Waals surface area (Å²) < 4.78 is 1.70. The first-order valence-corrected chi connectivity index (χ1v) is 6.65. The molecular weight excluding hydrogens is 287 g/mol. The van der Waals surface area contributed by atoms with Crippen LogP contribution in [-0.2, 0) is 16.8 Å². The molecule has 0 atom stereocenters. The number of imidazole rings is 1. The quantitative estimate of drug-likeness (QED) is 0.940. The summed E-state index contributed by atoms with van der Waals surface area (Å²) in [5.41, 5.74) is 0.233. The van der Waals surface area contributed by atoms with Crippen molar-refractivity contribution in [1.29, 1.82) is 0 Å². The molecule has 0 saturated heterocycles. The number of benzene rings is 1. The first-order chi connectivity index (χ1) is 8.78. The highest BCUT2D eigenvalue weighted by Crippen LogP contribution is 2.32. The van der Waals surface area contributed by atoms with Crippen molar-refractivity contribution in [3.63, 3.8) is 0 Å². The lowest BCUT2D eigenvalue weighted by atomic mass is 10.0. The number of rotatable bonds is 3. The van der Waals surface area contributed by atoms with Crippen LogP contribution in [0.3, 0.4) is 0 Å². The Bertz CT molecular complexity index is 662. The van der Waals surface area contributed by atoms with Gasteiger partial charge in [-0.25, -0.2) is 9.78 Å². The second-order valence-electron chi connectivity index (χ2n) is 4.84. The van der Waals surface area contributed by atoms with Gasteiger partial charge in [-0.05, 0) is 26.0 Å². The van der Waals surface area contributed by atoms with Gasteiger partial charge in [-0.3, -0.25) is 0 Å². The van der Waals surface area contributed by atoms with Gasteiger partial charge in [-0.1, -0.05) is 30.1 Å². The van der Waals surface area contributed by atoms with E-state index in [1.54, 1.807) is 30.5 Å². The Labute approximate surface area is 121 Å². The lowest BCUT2D eigenvalue weighted by molar-refractivity contribution is -0.145. The van der Waals surface area contributed by atoms with E-state index in [1.807, 2.05) is 6.92 Å². The van der Waals surface area contributed by atoms with Gasteiger partial charge in [0.25, 0.3) is 0 Å². The summed E-state index contributed by atoms with van der Waals surface area (Å²) >= 11 is 12.0. The fraction of sp³-hybridized carbons (Fsp3) is 0.385. The Morgan fingerprint density at radius 1 is 1.37 bits per heavy atom. The zero-order valence-electron chi connectivity index (χ0n) is 10.9. The summed E-state index contributed by atoms with van der Waals surface area (Å²) in [4.78, 5) is 15.9. The molecule has 0 saturated carbocycles. The van der Waals surface area contributed by atoms with Crippen LogP contribution in [0.4, 0.5) is 0 Å². The number of aromatic nitrogens is 2. The third kappa shape index (κ3) is 2.19. The van der Waals surface area contributed by atoms with E-state index in [4.69, 9.17) is 23.2 Å². The maximum absolute atomic E-state index is 11.5. The van der Waals surface area contributed by atoms with Gasteiger partial charge in [0.05, 0.1) is 21.1 Å². The van der Waals surface area contributed by atoms with Crippen LogP contribution in [-0.4, -0.2) is 20.6 Å². The monoisotopic (exact) mass is 300 g/mol. The summed E-state index contributed by atoms with van der Waals surface area (Å²) in [7, 11) is 0. The predicted molar refractivity (Wildman–Crippen MR) is 76.1 cm³/mol. The maximum atomic E-state index is 11.5. The van der Waals surface area contributed by atoms with Gasteiger partial charge in [0, 0.05) is 6.42 Å². The van der Waals surface area contributed by atoms with Gasteiger partial charge in [0.1, 0.15) is 11.4 Å². The van der Waals surface area contributed by atoms with E-state index in [1.165, 1.54) is 0 Å². The zero-order chi connectivity index (χ0) is 14.4. The third-order valence-electron chi connectivity index (χ3n) is 3.16. The van der Waals surface area contributed by atoms with Crippen molar-refractivity contribution >= 4 is 40.2 Å². The third-order valence-corrected chi connectivity index (χ3v) is 3.89. The molecule has 0 aliphatic carbocycles. The molecule has 102 valence electrons. The smallest absolute Gasteiger partial charge is 0.329 e. The first kappa shape index (κ1) is 14.2. The number of hydrogen-bond acceptors (Lipinski definition) is 2. The molecule has 0 amide bonds. The summed E-state index contributed by atoms with van der Waals surface area (Å²) in [6.45, 7) is 5.20. The Kier molecular flexibility index (Phi) is 3.49. The number of aryl methyl sites for hydroxylation is 1. The van der Waals surface area contributed by atoms with Gasteiger partial charge < -0.3 is 9.67 Å². The van der Waals surface area contributed by atoms with Crippen LogP contribution < -0.4 is 0 Å². The zero-order valence-corrected chi connectivity index (χ0v) is 12.4. The molecule has 1 N–H and O–H groups in total. The average Bonchev–Trinajstić information content (AvgIpc) is 2.67. The van der Waals surface area contributed by atoms with Gasteiger partial charge in [-0.2, -0.15) is 0 Å². The molecule has 0 bridgehead atoms. The molecule has 19 heavy (non-hydrogen) atoms. The van der Waals surface area contributed by atoms with Gasteiger partial charge >= 0.3 is 5.97 Å². The predicted octanol–water partition coefficient (Wildman–Crippen LogP) is 3.73. The highest BCUT2D eigenvalue weighted by Gasteiger charge is 2.33. The number of carboxylic acid groups (broad SMARTS) is 1. The standard InChI is InChI=1S/C13H14Cl2N2O2/c1-4-11-16-9-5-7(14)8(15)6-10(9)17(11)13(2,3)12(18)19/h5-6H,4H2,1-3H3,(H,18,19). The van der Waals surface area contributed by atoms with Crippen LogP contribution in [0.5, 0.6) is 0 Å². The molecule has 2 aromatic rings. The first-order valence-electron chi connectivity index (χ1n) is 5.89. The lowest BCUT2D eigenvalue weighted by Gasteiger charge is -2.24. The van der Waals surface area contributed by atoms with E-state index < -0.39 is 11.5 Å². The van der Waals surface area contributed by atoms with Gasteiger partial charge in [-0.15, -0.1) is 0 Å². The SMILES string of the molecule is CCc1nc2cc(Cl)c(Cl)cc2n1C(C)(C)C(=O)O. The topological polar surface area (TPSA) is 55.1 Å². The molecule has 1 heterocycles. The lowest BCUT2D eigenvalue weighted by Crippen LogP contribution is -2.36. The fourth-order valence-electron chi connectivity index (χ4n) is 2.08. The highest BCUT2D eigenvalue weighted by atomic mass is 35.5. The van der Waals surface area contributed by atoms with Crippen LogP contribution in [0, 0.1) is 0 Å². The minimum absolute atomic E-state index is 0.388. The molecule has 6 heteroatoms. The molecule has 0 aliphatic rings. The number of halogens is 2. The Hall–Kier alpha value is -1.26. The molecule has 0 fully saturated rings. The Morgan fingerprint density at radius 3 is 2.47 bits per heavy atom. The van der Waals surface area contributed by atoms with Crippen LogP contribution in [0.2, 0.25) is 10.0 Å². The molecule has 1 aromatic carbocycles. The number of carbonyl (C=O) groups is 1. The highest BCUT2D eigenvalue weighted by molar-refractivity contribution is 6.42. The second-order valence-corrected chi connectivity index (χ2v) is 5.65. The van der Waals surface area contributed by atoms with Crippen molar-refractivity contribution in [3.05, 3.63) is 28.0 Å². The second kappa shape index (κ2) is 4.69. The number of fused-ring (bicyclic) bond motifs is 1.